The van der Waals surface area contributed by atoms with Crippen LogP contribution in [-0.4, -0.2) is 34.3 Å². The van der Waals surface area contributed by atoms with Gasteiger partial charge in [0, 0.05) is 17.2 Å². The fourth-order valence-corrected chi connectivity index (χ4v) is 3.29. The van der Waals surface area contributed by atoms with Crippen LogP contribution in [0.3, 0.4) is 0 Å². The molecule has 0 unspecified atom stereocenters. The van der Waals surface area contributed by atoms with E-state index in [0.717, 1.165) is 6.07 Å². The van der Waals surface area contributed by atoms with Crippen LogP contribution in [0, 0.1) is 0 Å². The van der Waals surface area contributed by atoms with Crippen LogP contribution in [0.2, 0.25) is 5.02 Å². The number of primary sulfonamides is 1. The van der Waals surface area contributed by atoms with E-state index in [-0.39, 0.29) is 15.5 Å². The standard InChI is InChI=1S/C17H18ClN3O5S/c1-10(13-6-5-12(25-2)9-15(13)26-3)20-21-17(22)11-4-7-14(18)16(8-11)27(19,23)24/h4-9H,1-3H3,(H,21,22)(H2,19,23,24)/b20-10-. The summed E-state index contributed by atoms with van der Waals surface area (Å²) in [4.78, 5) is 11.9. The molecule has 27 heavy (non-hydrogen) atoms. The number of nitrogens with zero attached hydrogens (tertiary/aromatic N) is 1. The van der Waals surface area contributed by atoms with Crippen LogP contribution in [0.15, 0.2) is 46.4 Å². The molecule has 0 saturated heterocycles. The maximum Gasteiger partial charge on any atom is 0.271 e. The second-order valence-electron chi connectivity index (χ2n) is 5.39. The number of amides is 1. The summed E-state index contributed by atoms with van der Waals surface area (Å²) in [5.74, 6) is 0.514. The van der Waals surface area contributed by atoms with Gasteiger partial charge >= 0.3 is 0 Å². The van der Waals surface area contributed by atoms with Crippen LogP contribution < -0.4 is 20.0 Å². The first-order valence-electron chi connectivity index (χ1n) is 7.56. The Balaban J connectivity index is 2.27. The van der Waals surface area contributed by atoms with Gasteiger partial charge in [0.05, 0.1) is 25.0 Å². The molecule has 2 rings (SSSR count). The molecule has 0 radical (unpaired) electrons. The minimum atomic E-state index is -4.06. The number of rotatable bonds is 6. The SMILES string of the molecule is COc1ccc(/C(C)=N\NC(=O)c2ccc(Cl)c(S(N)(=O)=O)c2)c(OC)c1. The molecule has 0 saturated carbocycles. The third-order valence-electron chi connectivity index (χ3n) is 3.62. The van der Waals surface area contributed by atoms with Crippen molar-refractivity contribution >= 4 is 33.2 Å². The first-order chi connectivity index (χ1) is 12.7. The van der Waals surface area contributed by atoms with Gasteiger partial charge in [-0.2, -0.15) is 5.10 Å². The molecule has 144 valence electrons. The van der Waals surface area contributed by atoms with Gasteiger partial charge in [0.15, 0.2) is 0 Å². The lowest BCUT2D eigenvalue weighted by Crippen LogP contribution is -2.21. The quantitative estimate of drug-likeness (QED) is 0.557. The molecular formula is C17H18ClN3O5S. The molecule has 2 aromatic rings. The van der Waals surface area contributed by atoms with Crippen LogP contribution >= 0.6 is 11.6 Å². The topological polar surface area (TPSA) is 120 Å². The molecule has 0 bridgehead atoms. The normalized spacial score (nSPS) is 11.8. The van der Waals surface area contributed by atoms with E-state index in [0.29, 0.717) is 22.8 Å². The number of benzene rings is 2. The molecule has 0 atom stereocenters. The van der Waals surface area contributed by atoms with Crippen molar-refractivity contribution in [2.75, 3.05) is 14.2 Å². The van der Waals surface area contributed by atoms with Crippen LogP contribution in [0.1, 0.15) is 22.8 Å². The fraction of sp³-hybridized carbons (Fsp3) is 0.176. The predicted octanol–water partition coefficient (Wildman–Crippen LogP) is 2.16. The maximum absolute atomic E-state index is 12.3. The zero-order valence-electron chi connectivity index (χ0n) is 14.8. The van der Waals surface area contributed by atoms with E-state index < -0.39 is 15.9 Å². The van der Waals surface area contributed by atoms with Crippen LogP contribution in [0.4, 0.5) is 0 Å². The fourth-order valence-electron chi connectivity index (χ4n) is 2.22. The highest BCUT2D eigenvalue weighted by molar-refractivity contribution is 7.89. The molecule has 8 nitrogen and oxygen atoms in total. The lowest BCUT2D eigenvalue weighted by molar-refractivity contribution is 0.0954. The van der Waals surface area contributed by atoms with Crippen molar-refractivity contribution in [1.29, 1.82) is 0 Å². The average Bonchev–Trinajstić information content (AvgIpc) is 2.64. The number of halogens is 1. The molecule has 0 heterocycles. The van der Waals surface area contributed by atoms with E-state index in [1.807, 2.05) is 0 Å². The van der Waals surface area contributed by atoms with E-state index >= 15 is 0 Å². The number of hydrogen-bond donors (Lipinski definition) is 2. The van der Waals surface area contributed by atoms with Crippen molar-refractivity contribution in [2.45, 2.75) is 11.8 Å². The smallest absolute Gasteiger partial charge is 0.271 e. The molecule has 10 heteroatoms. The van der Waals surface area contributed by atoms with Gasteiger partial charge in [0.2, 0.25) is 10.0 Å². The summed E-state index contributed by atoms with van der Waals surface area (Å²) >= 11 is 5.81. The number of hydrazone groups is 1. The Kier molecular flexibility index (Phi) is 6.42. The van der Waals surface area contributed by atoms with Gasteiger partial charge in [0.25, 0.3) is 5.91 Å². The highest BCUT2D eigenvalue weighted by atomic mass is 35.5. The summed E-state index contributed by atoms with van der Waals surface area (Å²) in [5, 5.41) is 9.04. The molecule has 0 aliphatic heterocycles. The molecule has 0 fully saturated rings. The molecule has 0 aromatic heterocycles. The largest absolute Gasteiger partial charge is 0.497 e. The summed E-state index contributed by atoms with van der Waals surface area (Å²) < 4.78 is 33.5. The zero-order valence-corrected chi connectivity index (χ0v) is 16.4. The Morgan fingerprint density at radius 3 is 2.44 bits per heavy atom. The van der Waals surface area contributed by atoms with E-state index in [1.165, 1.54) is 26.4 Å². The second-order valence-corrected chi connectivity index (χ2v) is 7.33. The van der Waals surface area contributed by atoms with E-state index in [4.69, 9.17) is 26.2 Å². The lowest BCUT2D eigenvalue weighted by Gasteiger charge is -2.10. The number of hydrogen-bond acceptors (Lipinski definition) is 6. The van der Waals surface area contributed by atoms with Crippen molar-refractivity contribution in [1.82, 2.24) is 5.43 Å². The van der Waals surface area contributed by atoms with Gasteiger partial charge < -0.3 is 9.47 Å². The number of nitrogens with two attached hydrogens (primary N) is 1. The minimum Gasteiger partial charge on any atom is -0.497 e. The first-order valence-corrected chi connectivity index (χ1v) is 9.49. The number of carbonyl (C=O) groups excluding carboxylic acids is 1. The number of carbonyl (C=O) groups is 1. The molecule has 0 spiro atoms. The molecule has 2 aromatic carbocycles. The summed E-state index contributed by atoms with van der Waals surface area (Å²) in [7, 11) is -1.01. The lowest BCUT2D eigenvalue weighted by atomic mass is 10.1. The summed E-state index contributed by atoms with van der Waals surface area (Å²) in [5.41, 5.74) is 3.53. The highest BCUT2D eigenvalue weighted by Crippen LogP contribution is 2.25. The van der Waals surface area contributed by atoms with E-state index in [2.05, 4.69) is 10.5 Å². The monoisotopic (exact) mass is 411 g/mol. The second kappa shape index (κ2) is 8.38. The number of ether oxygens (including phenoxy) is 2. The summed E-state index contributed by atoms with van der Waals surface area (Å²) in [6.07, 6.45) is 0. The summed E-state index contributed by atoms with van der Waals surface area (Å²) in [6.45, 7) is 1.68. The number of sulfonamides is 1. The molecular weight excluding hydrogens is 394 g/mol. The third-order valence-corrected chi connectivity index (χ3v) is 5.02. The molecule has 0 aliphatic rings. The van der Waals surface area contributed by atoms with E-state index in [9.17, 15) is 13.2 Å². The van der Waals surface area contributed by atoms with E-state index in [1.54, 1.807) is 25.1 Å². The Labute approximate surface area is 162 Å². The van der Waals surface area contributed by atoms with Crippen molar-refractivity contribution < 1.29 is 22.7 Å². The number of nitrogens with one attached hydrogen (secondary N) is 1. The van der Waals surface area contributed by atoms with Gasteiger partial charge in [-0.15, -0.1) is 0 Å². The summed E-state index contributed by atoms with van der Waals surface area (Å²) in [6, 6.07) is 8.89. The average molecular weight is 412 g/mol. The third kappa shape index (κ3) is 4.97. The van der Waals surface area contributed by atoms with Gasteiger partial charge in [0.1, 0.15) is 16.4 Å². The predicted molar refractivity (Wildman–Crippen MR) is 102 cm³/mol. The van der Waals surface area contributed by atoms with Gasteiger partial charge in [-0.25, -0.2) is 19.0 Å². The Morgan fingerprint density at radius 2 is 1.85 bits per heavy atom. The van der Waals surface area contributed by atoms with Gasteiger partial charge in [-0.05, 0) is 37.3 Å². The van der Waals surface area contributed by atoms with Gasteiger partial charge in [-0.1, -0.05) is 11.6 Å². The van der Waals surface area contributed by atoms with Crippen LogP contribution in [0.5, 0.6) is 11.5 Å². The first kappa shape index (κ1) is 20.7. The Bertz CT molecular complexity index is 1010. The Hall–Kier alpha value is -2.62. The van der Waals surface area contributed by atoms with Gasteiger partial charge in [-0.3, -0.25) is 4.79 Å². The maximum atomic E-state index is 12.3. The Morgan fingerprint density at radius 1 is 1.15 bits per heavy atom. The molecule has 3 N–H and O–H groups in total. The molecule has 1 amide bonds. The molecule has 0 aliphatic carbocycles. The minimum absolute atomic E-state index is 0.0432. The highest BCUT2D eigenvalue weighted by Gasteiger charge is 2.16. The van der Waals surface area contributed by atoms with Crippen molar-refractivity contribution in [3.63, 3.8) is 0 Å². The number of methoxy groups -OCH3 is 2. The van der Waals surface area contributed by atoms with Crippen molar-refractivity contribution in [3.8, 4) is 11.5 Å². The van der Waals surface area contributed by atoms with Crippen molar-refractivity contribution in [2.24, 2.45) is 10.2 Å². The van der Waals surface area contributed by atoms with Crippen molar-refractivity contribution in [3.05, 3.63) is 52.5 Å². The van der Waals surface area contributed by atoms with Crippen LogP contribution in [0.25, 0.3) is 0 Å². The van der Waals surface area contributed by atoms with Crippen LogP contribution in [-0.2, 0) is 10.0 Å². The zero-order chi connectivity index (χ0) is 20.2.